The second-order valence-corrected chi connectivity index (χ2v) is 19.1. The molecule has 0 spiro atoms. The number of pyridine rings is 6. The van der Waals surface area contributed by atoms with E-state index in [1.807, 2.05) is 54.6 Å². The predicted molar refractivity (Wildman–Crippen MR) is 373 cm³/mol. The number of rotatable bonds is 13. The van der Waals surface area contributed by atoms with Crippen molar-refractivity contribution in [2.24, 2.45) is 0 Å². The van der Waals surface area contributed by atoms with Gasteiger partial charge in [-0.1, -0.05) is 191 Å². The summed E-state index contributed by atoms with van der Waals surface area (Å²) in [5.74, 6) is -6.93. The Balaban J connectivity index is -0.000000570. The van der Waals surface area contributed by atoms with Crippen LogP contribution in [0.1, 0.15) is 66.9 Å². The van der Waals surface area contributed by atoms with E-state index in [0.717, 1.165) is 70.8 Å². The number of carbonyl (C=O) groups excluding carboxylic acids is 1. The van der Waals surface area contributed by atoms with Crippen molar-refractivity contribution in [1.29, 1.82) is 0 Å². The first-order valence-corrected chi connectivity index (χ1v) is 28.8. The first-order chi connectivity index (χ1) is 47.8. The molecule has 0 aliphatic carbocycles. The van der Waals surface area contributed by atoms with Gasteiger partial charge in [-0.3, -0.25) is 39.9 Å². The number of hydrogen-bond acceptors (Lipinski definition) is 13. The summed E-state index contributed by atoms with van der Waals surface area (Å²) in [6.45, 7) is 7.45. The number of aromatic carboxylic acids is 2. The number of halogens is 9. The first kappa shape index (κ1) is 102. The standard InChI is InChI=1S/C15H13NO3.4C11H6F2N.C9H9Cl.C6H5NO3.CH2O3.3CH4.2Ir.2K.H/c1-2-11-5-7-12(8-6-11)10-19-13-4-3-9-16-14(13)15(17)18;4*12-8-4-5-9(10(13)7-8)11-3-1-2-6-14-11;1-2-8-3-5-9(7-10)6-4-8;8-4-2-1-3-7-5(4)6(9)10;2-1-4-3;;;;;;;;/h2-9H,1,10H2,(H,17,18);4*1-4,6-7H;2-6H,1,7H2;1-3,8H,(H,9,10);1,3H;3*1H4;;;;;/q;4*-1;;;;;;;;;2*+1;-1/p-1. The van der Waals surface area contributed by atoms with Crippen LogP contribution >= 0.6 is 11.6 Å². The maximum absolute atomic E-state index is 13.2. The van der Waals surface area contributed by atoms with E-state index in [0.29, 0.717) is 35.3 Å². The fourth-order valence-corrected chi connectivity index (χ4v) is 7.67. The zero-order valence-electron chi connectivity index (χ0n) is 55.0. The number of aromatic nitrogens is 6. The third-order valence-corrected chi connectivity index (χ3v) is 12.4. The Bertz CT molecular complexity index is 4180. The van der Waals surface area contributed by atoms with E-state index in [-0.39, 0.29) is 218 Å². The topological polar surface area (TPSA) is 231 Å². The summed E-state index contributed by atoms with van der Waals surface area (Å²) in [6.07, 6.45) is 12.5. The molecule has 0 aliphatic rings. The molecule has 0 bridgehead atoms. The molecule has 6 aromatic carbocycles. The minimum atomic E-state index is -1.22. The normalized spacial score (nSPS) is 9.08. The summed E-state index contributed by atoms with van der Waals surface area (Å²) in [5.41, 5.74) is 6.40. The number of benzene rings is 6. The molecule has 2 radical (unpaired) electrons. The molecular weight excluding hydrogens is 1810 g/mol. The second kappa shape index (κ2) is 57.2. The smallest absolute Gasteiger partial charge is 1.00 e. The number of aromatic hydroxyl groups is 1. The molecule has 12 rings (SSSR count). The van der Waals surface area contributed by atoms with Gasteiger partial charge in [0.05, 0.1) is 0 Å². The molecule has 6 heterocycles. The molecule has 12 aromatic rings. The molecule has 28 heteroatoms. The summed E-state index contributed by atoms with van der Waals surface area (Å²) in [5, 5.41) is 34.6. The maximum Gasteiger partial charge on any atom is 1.00 e. The van der Waals surface area contributed by atoms with Crippen molar-refractivity contribution in [3.05, 3.63) is 349 Å². The summed E-state index contributed by atoms with van der Waals surface area (Å²) >= 11 is 5.60. The molecule has 0 saturated heterocycles. The maximum atomic E-state index is 13.2. The van der Waals surface area contributed by atoms with Crippen molar-refractivity contribution in [3.8, 4) is 56.5 Å². The molecule has 0 fully saturated rings. The quantitative estimate of drug-likeness (QED) is 0.0185. The summed E-state index contributed by atoms with van der Waals surface area (Å²) < 4.78 is 109. The van der Waals surface area contributed by atoms with Gasteiger partial charge in [-0.05, 0) is 93.6 Å². The molecule has 6 aromatic heterocycles. The van der Waals surface area contributed by atoms with Crippen LogP contribution < -0.4 is 113 Å². The van der Waals surface area contributed by atoms with Gasteiger partial charge in [-0.15, -0.1) is 60.1 Å². The molecule has 3 N–H and O–H groups in total. The van der Waals surface area contributed by atoms with Crippen LogP contribution in [0.5, 0.6) is 11.5 Å². The Hall–Kier alpha value is -8.03. The summed E-state index contributed by atoms with van der Waals surface area (Å²) in [4.78, 5) is 55.4. The second-order valence-electron chi connectivity index (χ2n) is 18.9. The summed E-state index contributed by atoms with van der Waals surface area (Å²) in [7, 11) is 0. The van der Waals surface area contributed by atoms with Crippen LogP contribution in [-0.2, 0) is 62.4 Å². The van der Waals surface area contributed by atoms with Crippen molar-refractivity contribution in [3.63, 3.8) is 0 Å². The fraction of sp³-hybridized carbons (Fsp3) is 0.0641. The third kappa shape index (κ3) is 36.5. The fourth-order valence-electron chi connectivity index (χ4n) is 7.49. The Kier molecular flexibility index (Phi) is 55.1. The third-order valence-electron chi connectivity index (χ3n) is 12.1. The van der Waals surface area contributed by atoms with Crippen molar-refractivity contribution in [2.45, 2.75) is 34.8 Å². The van der Waals surface area contributed by atoms with Gasteiger partial charge in [-0.2, -0.15) is 0 Å². The van der Waals surface area contributed by atoms with E-state index in [4.69, 9.17) is 41.7 Å². The molecule has 548 valence electrons. The number of nitrogens with zero attached hydrogens (tertiary/aromatic N) is 6. The number of alkyl halides is 1. The Labute approximate surface area is 727 Å². The van der Waals surface area contributed by atoms with Gasteiger partial charge >= 0.3 is 115 Å². The molecule has 0 unspecified atom stereocenters. The monoisotopic (exact) mass is 1880 g/mol. The molecule has 106 heavy (non-hydrogen) atoms. The van der Waals surface area contributed by atoms with Crippen LogP contribution in [0, 0.1) is 70.8 Å². The van der Waals surface area contributed by atoms with Gasteiger partial charge in [0.15, 0.2) is 17.1 Å². The van der Waals surface area contributed by atoms with Crippen molar-refractivity contribution < 1.29 is 224 Å². The van der Waals surface area contributed by atoms with E-state index in [1.54, 1.807) is 116 Å². The number of carboxylic acid groups (broad SMARTS) is 2. The van der Waals surface area contributed by atoms with Crippen LogP contribution in [-0.4, -0.2) is 63.6 Å². The van der Waals surface area contributed by atoms with E-state index in [9.17, 15) is 44.7 Å². The average molecular weight is 1880 g/mol. The van der Waals surface area contributed by atoms with Gasteiger partial charge in [0, 0.05) is 130 Å². The Morgan fingerprint density at radius 3 is 1.00 bits per heavy atom. The van der Waals surface area contributed by atoms with E-state index < -0.39 is 58.5 Å². The predicted octanol–water partition coefficient (Wildman–Crippen LogP) is 12.3. The SMILES string of the molecule is C.C.C.C=Cc1ccc(CCl)cc1.C=Cc1ccc(COc2cccnc2C(=O)O)cc1.Fc1c[c-]c(-c2ccccn2)c(F)c1.Fc1c[c-]c(-c2ccccn2)c(F)c1.Fc1c[c-]c(-c2ccccn2)c(F)c1.Fc1c[c-]c(-c2ccccn2)c(F)c1.O=C(O)c1ncccc1O.O=CO[O-].[H-].[Ir].[Ir].[K+].[K+]. The number of hydrogen-bond donors (Lipinski definition) is 3. The van der Waals surface area contributed by atoms with Crippen molar-refractivity contribution in [1.82, 2.24) is 29.9 Å². The van der Waals surface area contributed by atoms with Crippen LogP contribution in [0.15, 0.2) is 244 Å². The van der Waals surface area contributed by atoms with Gasteiger partial charge in [0.2, 0.25) is 0 Å². The zero-order chi connectivity index (χ0) is 71.9. The largest absolute Gasteiger partial charge is 1.00 e. The van der Waals surface area contributed by atoms with Crippen LogP contribution in [0.3, 0.4) is 0 Å². The molecular formula is C78H65ClF8Ir2K2N6O9-4. The number of carboxylic acids is 2. The van der Waals surface area contributed by atoms with Crippen LogP contribution in [0.2, 0.25) is 0 Å². The summed E-state index contributed by atoms with van der Waals surface area (Å²) in [6, 6.07) is 59.8. The molecule has 0 amide bonds. The van der Waals surface area contributed by atoms with E-state index >= 15 is 0 Å². The number of ether oxygens (including phenoxy) is 1. The average Bonchev–Trinajstić information content (AvgIpc) is 0.866. The van der Waals surface area contributed by atoms with Gasteiger partial charge < -0.3 is 51.6 Å². The first-order valence-electron chi connectivity index (χ1n) is 28.3. The molecule has 0 aliphatic heterocycles. The molecule has 0 atom stereocenters. The van der Waals surface area contributed by atoms with Crippen LogP contribution in [0.4, 0.5) is 35.1 Å². The van der Waals surface area contributed by atoms with Gasteiger partial charge in [0.1, 0.15) is 12.4 Å². The number of carbonyl (C=O) groups is 3. The van der Waals surface area contributed by atoms with Crippen molar-refractivity contribution >= 4 is 42.2 Å². The van der Waals surface area contributed by atoms with E-state index in [1.165, 1.54) is 24.5 Å². The Morgan fingerprint density at radius 2 is 0.755 bits per heavy atom. The minimum absolute atomic E-state index is 0. The zero-order valence-corrected chi connectivity index (χ0v) is 65.8. The molecule has 0 saturated carbocycles. The van der Waals surface area contributed by atoms with Gasteiger partial charge in [0.25, 0.3) is 6.47 Å². The van der Waals surface area contributed by atoms with Gasteiger partial charge in [-0.25, -0.2) is 19.6 Å². The molecule has 15 nitrogen and oxygen atoms in total. The van der Waals surface area contributed by atoms with E-state index in [2.05, 4.69) is 72.2 Å². The van der Waals surface area contributed by atoms with Crippen molar-refractivity contribution in [2.75, 3.05) is 0 Å². The minimum Gasteiger partial charge on any atom is -1.00 e. The van der Waals surface area contributed by atoms with Crippen LogP contribution in [0.25, 0.3) is 57.2 Å². The Morgan fingerprint density at radius 1 is 0.462 bits per heavy atom.